The van der Waals surface area contributed by atoms with E-state index in [0.717, 1.165) is 5.56 Å². The van der Waals surface area contributed by atoms with Gasteiger partial charge in [-0.05, 0) is 18.0 Å². The molecule has 2 rings (SSSR count). The van der Waals surface area contributed by atoms with Crippen molar-refractivity contribution >= 4 is 0 Å². The Balaban J connectivity index is 2.17. The number of ether oxygens (including phenoxy) is 4. The second kappa shape index (κ2) is 8.12. The fourth-order valence-electron chi connectivity index (χ4n) is 2.60. The summed E-state index contributed by atoms with van der Waals surface area (Å²) in [5.41, 5.74) is 9.83. The van der Waals surface area contributed by atoms with Crippen LogP contribution in [-0.4, -0.2) is 44.9 Å². The minimum absolute atomic E-state index is 0.326. The van der Waals surface area contributed by atoms with Gasteiger partial charge in [-0.1, -0.05) is 35.4 Å². The molecule has 0 unspecified atom stereocenters. The third kappa shape index (κ3) is 3.76. The number of methoxy groups -OCH3 is 2. The highest BCUT2D eigenvalue weighted by Gasteiger charge is 2.45. The van der Waals surface area contributed by atoms with Gasteiger partial charge >= 0.3 is 0 Å². The molecule has 0 aromatic heterocycles. The smallest absolute Gasteiger partial charge is 0.186 e. The van der Waals surface area contributed by atoms with E-state index >= 15 is 0 Å². The first-order valence-corrected chi connectivity index (χ1v) is 7.12. The van der Waals surface area contributed by atoms with E-state index in [-0.39, 0.29) is 6.10 Å². The third-order valence-corrected chi connectivity index (χ3v) is 3.73. The molecule has 0 amide bonds. The Bertz CT molecular complexity index is 507. The zero-order chi connectivity index (χ0) is 15.9. The van der Waals surface area contributed by atoms with Crippen LogP contribution < -0.4 is 0 Å². The van der Waals surface area contributed by atoms with Gasteiger partial charge in [0.15, 0.2) is 6.29 Å². The number of azide groups is 1. The first-order chi connectivity index (χ1) is 10.7. The molecule has 0 N–H and O–H groups in total. The SMILES string of the molecule is CO[C@H]1O[C@H](C)[C@@H](N=[N+]=[N-])[C@H](OCc2ccccc2)[C@H]1OC. The average molecular weight is 307 g/mol. The summed E-state index contributed by atoms with van der Waals surface area (Å²) in [7, 11) is 3.10. The van der Waals surface area contributed by atoms with Crippen molar-refractivity contribution < 1.29 is 18.9 Å². The zero-order valence-electron chi connectivity index (χ0n) is 13.0. The molecule has 5 atom stereocenters. The van der Waals surface area contributed by atoms with Gasteiger partial charge in [-0.25, -0.2) is 0 Å². The number of hydrogen-bond donors (Lipinski definition) is 0. The Morgan fingerprint density at radius 3 is 2.50 bits per heavy atom. The maximum absolute atomic E-state index is 8.80. The lowest BCUT2D eigenvalue weighted by Gasteiger charge is -2.42. The van der Waals surface area contributed by atoms with Crippen molar-refractivity contribution in [3.05, 3.63) is 46.3 Å². The maximum Gasteiger partial charge on any atom is 0.186 e. The van der Waals surface area contributed by atoms with Crippen molar-refractivity contribution in [3.63, 3.8) is 0 Å². The maximum atomic E-state index is 8.80. The second-order valence-corrected chi connectivity index (χ2v) is 5.10. The van der Waals surface area contributed by atoms with Gasteiger partial charge in [-0.15, -0.1) is 0 Å². The Morgan fingerprint density at radius 1 is 1.18 bits per heavy atom. The Hall–Kier alpha value is -1.63. The molecule has 120 valence electrons. The van der Waals surface area contributed by atoms with Crippen molar-refractivity contribution in [1.29, 1.82) is 0 Å². The highest BCUT2D eigenvalue weighted by molar-refractivity contribution is 5.13. The topological polar surface area (TPSA) is 85.7 Å². The van der Waals surface area contributed by atoms with Crippen molar-refractivity contribution in [3.8, 4) is 0 Å². The molecule has 1 aliphatic heterocycles. The summed E-state index contributed by atoms with van der Waals surface area (Å²) in [5, 5.41) is 3.82. The van der Waals surface area contributed by atoms with Crippen LogP contribution in [-0.2, 0) is 25.6 Å². The lowest BCUT2D eigenvalue weighted by molar-refractivity contribution is -0.275. The molecule has 1 saturated heterocycles. The standard InChI is InChI=1S/C15H21N3O4/c1-10-12(17-18-16)13(14(19-2)15(20-3)22-10)21-9-11-7-5-4-6-8-11/h4-8,10,12-15H,9H2,1-3H3/t10-,12-,13+,14-,15+/m1/s1. The Kier molecular flexibility index (Phi) is 6.18. The highest BCUT2D eigenvalue weighted by Crippen LogP contribution is 2.28. The normalized spacial score (nSPS) is 31.5. The predicted octanol–water partition coefficient (Wildman–Crippen LogP) is 2.66. The van der Waals surface area contributed by atoms with Crippen molar-refractivity contribution in [2.75, 3.05) is 14.2 Å². The first-order valence-electron chi connectivity index (χ1n) is 7.12. The number of hydrogen-bond acceptors (Lipinski definition) is 5. The molecule has 1 fully saturated rings. The summed E-state index contributed by atoms with van der Waals surface area (Å²) in [6.07, 6.45) is -1.81. The Labute approximate surface area is 129 Å². The lowest BCUT2D eigenvalue weighted by Crippen LogP contribution is -2.58. The predicted molar refractivity (Wildman–Crippen MR) is 80.1 cm³/mol. The van der Waals surface area contributed by atoms with Crippen LogP contribution in [0, 0.1) is 0 Å². The largest absolute Gasteiger partial charge is 0.373 e. The van der Waals surface area contributed by atoms with Crippen LogP contribution in [0.1, 0.15) is 12.5 Å². The molecule has 0 saturated carbocycles. The van der Waals surface area contributed by atoms with E-state index < -0.39 is 24.5 Å². The molecule has 1 aliphatic rings. The third-order valence-electron chi connectivity index (χ3n) is 3.73. The summed E-state index contributed by atoms with van der Waals surface area (Å²) < 4.78 is 22.5. The van der Waals surface area contributed by atoms with Crippen LogP contribution in [0.2, 0.25) is 0 Å². The van der Waals surface area contributed by atoms with Gasteiger partial charge in [0.05, 0.1) is 18.8 Å². The minimum Gasteiger partial charge on any atom is -0.373 e. The van der Waals surface area contributed by atoms with Crippen molar-refractivity contribution in [1.82, 2.24) is 0 Å². The fourth-order valence-corrected chi connectivity index (χ4v) is 2.60. The van der Waals surface area contributed by atoms with Crippen LogP contribution in [0.15, 0.2) is 35.4 Å². The van der Waals surface area contributed by atoms with Crippen LogP contribution in [0.25, 0.3) is 10.4 Å². The van der Waals surface area contributed by atoms with E-state index in [1.165, 1.54) is 0 Å². The Morgan fingerprint density at radius 2 is 1.91 bits per heavy atom. The molecule has 0 spiro atoms. The van der Waals surface area contributed by atoms with E-state index in [2.05, 4.69) is 10.0 Å². The van der Waals surface area contributed by atoms with E-state index in [1.54, 1.807) is 14.2 Å². The monoisotopic (exact) mass is 307 g/mol. The van der Waals surface area contributed by atoms with Gasteiger partial charge in [-0.2, -0.15) is 0 Å². The average Bonchev–Trinajstić information content (AvgIpc) is 2.55. The highest BCUT2D eigenvalue weighted by atomic mass is 16.7. The molecular formula is C15H21N3O4. The van der Waals surface area contributed by atoms with Gasteiger partial charge in [0.2, 0.25) is 0 Å². The molecule has 0 bridgehead atoms. The number of rotatable bonds is 6. The molecule has 1 aromatic rings. The summed E-state index contributed by atoms with van der Waals surface area (Å²) in [6.45, 7) is 2.22. The summed E-state index contributed by atoms with van der Waals surface area (Å²) >= 11 is 0. The van der Waals surface area contributed by atoms with E-state index in [4.69, 9.17) is 24.5 Å². The summed E-state index contributed by atoms with van der Waals surface area (Å²) in [6, 6.07) is 9.30. The van der Waals surface area contributed by atoms with Gasteiger partial charge in [0.1, 0.15) is 12.2 Å². The van der Waals surface area contributed by atoms with Crippen LogP contribution in [0.5, 0.6) is 0 Å². The molecular weight excluding hydrogens is 286 g/mol. The van der Waals surface area contributed by atoms with Gasteiger partial charge < -0.3 is 18.9 Å². The fraction of sp³-hybridized carbons (Fsp3) is 0.600. The molecule has 22 heavy (non-hydrogen) atoms. The summed E-state index contributed by atoms with van der Waals surface area (Å²) in [5.74, 6) is 0. The minimum atomic E-state index is -0.564. The number of benzene rings is 1. The molecule has 1 heterocycles. The van der Waals surface area contributed by atoms with E-state index in [1.807, 2.05) is 37.3 Å². The van der Waals surface area contributed by atoms with Crippen molar-refractivity contribution in [2.24, 2.45) is 5.11 Å². The van der Waals surface area contributed by atoms with E-state index in [0.29, 0.717) is 6.61 Å². The molecule has 0 radical (unpaired) electrons. The van der Waals surface area contributed by atoms with Crippen LogP contribution in [0.4, 0.5) is 0 Å². The van der Waals surface area contributed by atoms with Gasteiger partial charge in [-0.3, -0.25) is 0 Å². The quantitative estimate of drug-likeness (QED) is 0.459. The number of nitrogens with zero attached hydrogens (tertiary/aromatic N) is 3. The molecule has 7 heteroatoms. The molecule has 0 aliphatic carbocycles. The van der Waals surface area contributed by atoms with Crippen LogP contribution >= 0.6 is 0 Å². The molecule has 7 nitrogen and oxygen atoms in total. The lowest BCUT2D eigenvalue weighted by atomic mass is 9.97. The summed E-state index contributed by atoms with van der Waals surface area (Å²) in [4.78, 5) is 2.90. The van der Waals surface area contributed by atoms with Crippen LogP contribution in [0.3, 0.4) is 0 Å². The molecule has 1 aromatic carbocycles. The van der Waals surface area contributed by atoms with Gasteiger partial charge in [0.25, 0.3) is 0 Å². The zero-order valence-corrected chi connectivity index (χ0v) is 13.0. The van der Waals surface area contributed by atoms with Gasteiger partial charge in [0, 0.05) is 19.1 Å². The van der Waals surface area contributed by atoms with E-state index in [9.17, 15) is 0 Å². The second-order valence-electron chi connectivity index (χ2n) is 5.10. The first kappa shape index (κ1) is 16.7. The van der Waals surface area contributed by atoms with Crippen molar-refractivity contribution in [2.45, 2.75) is 44.2 Å².